The van der Waals surface area contributed by atoms with Crippen LogP contribution in [0, 0.1) is 5.82 Å². The fourth-order valence-electron chi connectivity index (χ4n) is 1.04. The Kier molecular flexibility index (Phi) is 1.40. The monoisotopic (exact) mass is 164 g/mol. The molecule has 2 heterocycles. The third kappa shape index (κ3) is 0.972. The van der Waals surface area contributed by atoms with E-state index in [0.717, 1.165) is 6.20 Å². The highest BCUT2D eigenvalue weighted by Gasteiger charge is 1.99. The largest absolute Gasteiger partial charge is 0.319 e. The predicted molar refractivity (Wildman–Crippen MR) is 42.3 cm³/mol. The highest BCUT2D eigenvalue weighted by molar-refractivity contribution is 5.77. The van der Waals surface area contributed by atoms with E-state index < -0.39 is 5.82 Å². The van der Waals surface area contributed by atoms with Gasteiger partial charge >= 0.3 is 0 Å². The number of nitrogens with zero attached hydrogens (tertiary/aromatic N) is 1. The Balaban J connectivity index is 2.97. The Labute approximate surface area is 66.9 Å². The average molecular weight is 164 g/mol. The molecular formula is C8H5FN2O. The quantitative estimate of drug-likeness (QED) is 0.632. The first-order valence-electron chi connectivity index (χ1n) is 3.40. The average Bonchev–Trinajstić information content (AvgIpc) is 2.07. The Morgan fingerprint density at radius 1 is 1.33 bits per heavy atom. The van der Waals surface area contributed by atoms with Crippen molar-refractivity contribution >= 4 is 10.9 Å². The van der Waals surface area contributed by atoms with E-state index in [1.165, 1.54) is 18.3 Å². The molecule has 2 rings (SSSR count). The molecule has 0 atom stereocenters. The van der Waals surface area contributed by atoms with Gasteiger partial charge in [0.05, 0.1) is 11.7 Å². The predicted octanol–water partition coefficient (Wildman–Crippen LogP) is 1.06. The highest BCUT2D eigenvalue weighted by atomic mass is 19.1. The van der Waals surface area contributed by atoms with E-state index in [0.29, 0.717) is 5.39 Å². The van der Waals surface area contributed by atoms with Gasteiger partial charge in [0.2, 0.25) is 5.56 Å². The Morgan fingerprint density at radius 3 is 3.00 bits per heavy atom. The molecule has 0 saturated heterocycles. The van der Waals surface area contributed by atoms with E-state index in [-0.39, 0.29) is 11.1 Å². The standard InChI is InChI=1S/C8H5FN2O/c9-6-4-10-3-5-1-2-7(12)11-8(5)6/h1-4H,(H,11,12). The SMILES string of the molecule is O=c1ccc2cncc(F)c2[nH]1. The summed E-state index contributed by atoms with van der Waals surface area (Å²) in [5.41, 5.74) is -0.106. The Hall–Kier alpha value is -1.71. The zero-order valence-corrected chi connectivity index (χ0v) is 6.04. The highest BCUT2D eigenvalue weighted by Crippen LogP contribution is 2.09. The summed E-state index contributed by atoms with van der Waals surface area (Å²) in [6.45, 7) is 0. The van der Waals surface area contributed by atoms with Crippen molar-refractivity contribution in [3.05, 3.63) is 40.7 Å². The third-order valence-corrected chi connectivity index (χ3v) is 1.59. The molecule has 0 aromatic carbocycles. The van der Waals surface area contributed by atoms with Crippen molar-refractivity contribution in [3.8, 4) is 0 Å². The molecule has 3 nitrogen and oxygen atoms in total. The molecule has 0 unspecified atom stereocenters. The first-order valence-corrected chi connectivity index (χ1v) is 3.40. The molecule has 0 aliphatic heterocycles. The number of fused-ring (bicyclic) bond motifs is 1. The van der Waals surface area contributed by atoms with E-state index in [2.05, 4.69) is 9.97 Å². The summed E-state index contributed by atoms with van der Waals surface area (Å²) in [6.07, 6.45) is 2.56. The van der Waals surface area contributed by atoms with Crippen molar-refractivity contribution in [2.45, 2.75) is 0 Å². The van der Waals surface area contributed by atoms with Crippen LogP contribution in [-0.4, -0.2) is 9.97 Å². The maximum Gasteiger partial charge on any atom is 0.248 e. The lowest BCUT2D eigenvalue weighted by Crippen LogP contribution is -2.03. The third-order valence-electron chi connectivity index (χ3n) is 1.59. The lowest BCUT2D eigenvalue weighted by atomic mass is 10.3. The van der Waals surface area contributed by atoms with Crippen LogP contribution < -0.4 is 5.56 Å². The lowest BCUT2D eigenvalue weighted by molar-refractivity contribution is 0.630. The summed E-state index contributed by atoms with van der Waals surface area (Å²) >= 11 is 0. The first kappa shape index (κ1) is 6.97. The van der Waals surface area contributed by atoms with Gasteiger partial charge in [0, 0.05) is 17.6 Å². The van der Waals surface area contributed by atoms with Gasteiger partial charge in [0.1, 0.15) is 0 Å². The summed E-state index contributed by atoms with van der Waals surface area (Å²) in [6, 6.07) is 2.87. The van der Waals surface area contributed by atoms with Crippen molar-refractivity contribution in [2.75, 3.05) is 0 Å². The number of pyridine rings is 2. The van der Waals surface area contributed by atoms with Gasteiger partial charge in [-0.1, -0.05) is 0 Å². The summed E-state index contributed by atoms with van der Waals surface area (Å²) in [7, 11) is 0. The van der Waals surface area contributed by atoms with Gasteiger partial charge in [-0.3, -0.25) is 9.78 Å². The number of hydrogen-bond acceptors (Lipinski definition) is 2. The van der Waals surface area contributed by atoms with Gasteiger partial charge in [0.15, 0.2) is 5.82 Å². The van der Waals surface area contributed by atoms with Gasteiger partial charge in [-0.25, -0.2) is 4.39 Å². The summed E-state index contributed by atoms with van der Waals surface area (Å²) in [4.78, 5) is 16.8. The minimum absolute atomic E-state index is 0.206. The minimum atomic E-state index is -0.509. The number of aromatic nitrogens is 2. The number of hydrogen-bond donors (Lipinski definition) is 1. The number of aromatic amines is 1. The van der Waals surface area contributed by atoms with Crippen LogP contribution in [0.4, 0.5) is 4.39 Å². The molecule has 0 amide bonds. The van der Waals surface area contributed by atoms with Gasteiger partial charge in [-0.05, 0) is 6.07 Å². The molecular weight excluding hydrogens is 159 g/mol. The van der Waals surface area contributed by atoms with E-state index in [9.17, 15) is 9.18 Å². The molecule has 0 aliphatic carbocycles. The van der Waals surface area contributed by atoms with E-state index in [1.54, 1.807) is 0 Å². The molecule has 0 aliphatic rings. The van der Waals surface area contributed by atoms with Crippen molar-refractivity contribution in [1.82, 2.24) is 9.97 Å². The number of H-pyrrole nitrogens is 1. The van der Waals surface area contributed by atoms with E-state index >= 15 is 0 Å². The second-order valence-corrected chi connectivity index (χ2v) is 2.41. The van der Waals surface area contributed by atoms with E-state index in [4.69, 9.17) is 0 Å². The molecule has 0 fully saturated rings. The topological polar surface area (TPSA) is 45.8 Å². The second-order valence-electron chi connectivity index (χ2n) is 2.41. The molecule has 60 valence electrons. The molecule has 2 aromatic heterocycles. The smallest absolute Gasteiger partial charge is 0.248 e. The molecule has 12 heavy (non-hydrogen) atoms. The van der Waals surface area contributed by atoms with Crippen molar-refractivity contribution in [2.24, 2.45) is 0 Å². The fraction of sp³-hybridized carbons (Fsp3) is 0. The Bertz CT molecular complexity index is 478. The lowest BCUT2D eigenvalue weighted by Gasteiger charge is -1.95. The van der Waals surface area contributed by atoms with Gasteiger partial charge in [-0.2, -0.15) is 0 Å². The fourth-order valence-corrected chi connectivity index (χ4v) is 1.04. The molecule has 0 saturated carbocycles. The van der Waals surface area contributed by atoms with Crippen molar-refractivity contribution in [1.29, 1.82) is 0 Å². The molecule has 1 N–H and O–H groups in total. The van der Waals surface area contributed by atoms with Crippen molar-refractivity contribution < 1.29 is 4.39 Å². The van der Waals surface area contributed by atoms with Crippen molar-refractivity contribution in [3.63, 3.8) is 0 Å². The van der Waals surface area contributed by atoms with Crippen LogP contribution in [0.3, 0.4) is 0 Å². The maximum absolute atomic E-state index is 12.9. The molecule has 0 bridgehead atoms. The second kappa shape index (κ2) is 2.41. The van der Waals surface area contributed by atoms with E-state index in [1.807, 2.05) is 0 Å². The van der Waals surface area contributed by atoms with Crippen LogP contribution in [0.1, 0.15) is 0 Å². The molecule has 0 spiro atoms. The normalized spacial score (nSPS) is 10.4. The molecule has 0 radical (unpaired) electrons. The van der Waals surface area contributed by atoms with Crippen LogP contribution in [0.5, 0.6) is 0 Å². The first-order chi connectivity index (χ1) is 5.77. The maximum atomic E-state index is 12.9. The zero-order valence-electron chi connectivity index (χ0n) is 6.04. The summed E-state index contributed by atoms with van der Waals surface area (Å²) < 4.78 is 12.9. The number of halogens is 1. The van der Waals surface area contributed by atoms with Crippen LogP contribution in [0.15, 0.2) is 29.3 Å². The number of rotatable bonds is 0. The zero-order chi connectivity index (χ0) is 8.55. The van der Waals surface area contributed by atoms with Gasteiger partial charge in [-0.15, -0.1) is 0 Å². The van der Waals surface area contributed by atoms with Crippen LogP contribution in [-0.2, 0) is 0 Å². The van der Waals surface area contributed by atoms with Crippen LogP contribution in [0.2, 0.25) is 0 Å². The van der Waals surface area contributed by atoms with Crippen LogP contribution >= 0.6 is 0 Å². The molecule has 4 heteroatoms. The van der Waals surface area contributed by atoms with Gasteiger partial charge in [0.25, 0.3) is 0 Å². The summed E-state index contributed by atoms with van der Waals surface area (Å²) in [5.74, 6) is -0.509. The Morgan fingerprint density at radius 2 is 2.17 bits per heavy atom. The van der Waals surface area contributed by atoms with Crippen LogP contribution in [0.25, 0.3) is 10.9 Å². The van der Waals surface area contributed by atoms with Gasteiger partial charge < -0.3 is 4.98 Å². The molecule has 2 aromatic rings. The minimum Gasteiger partial charge on any atom is -0.319 e. The number of nitrogens with one attached hydrogen (secondary N) is 1. The summed E-state index contributed by atoms with van der Waals surface area (Å²) in [5, 5.41) is 0.592.